The van der Waals surface area contributed by atoms with Gasteiger partial charge in [0.15, 0.2) is 0 Å². The monoisotopic (exact) mass is 321 g/mol. The van der Waals surface area contributed by atoms with Gasteiger partial charge in [0.1, 0.15) is 16.2 Å². The lowest BCUT2D eigenvalue weighted by Gasteiger charge is -2.02. The lowest BCUT2D eigenvalue weighted by atomic mass is 10.3. The minimum atomic E-state index is 0.970. The molecule has 0 bridgehead atoms. The fraction of sp³-hybridized carbons (Fsp3) is 0.357. The third-order valence-electron chi connectivity index (χ3n) is 2.88. The van der Waals surface area contributed by atoms with Crippen molar-refractivity contribution >= 4 is 44.7 Å². The highest BCUT2D eigenvalue weighted by Crippen LogP contribution is 2.36. The molecule has 0 aromatic carbocycles. The van der Waals surface area contributed by atoms with Crippen molar-refractivity contribution in [2.24, 2.45) is 0 Å². The molecule has 3 heterocycles. The topological polar surface area (TPSA) is 38.7 Å². The Hall–Kier alpha value is -0.980. The number of aryl methyl sites for hydroxylation is 1. The van der Waals surface area contributed by atoms with E-state index < -0.39 is 0 Å². The standard InChI is InChI=1S/C14H15N3S3/c1-3-4-7-19-14-12-13(20-9(2)15-12)11(16-17-14)10-6-5-8-18-10/h5-6,8H,3-4,7H2,1-2H3. The van der Waals surface area contributed by atoms with Gasteiger partial charge in [-0.15, -0.1) is 44.6 Å². The first-order valence-corrected chi connectivity index (χ1v) is 9.28. The van der Waals surface area contributed by atoms with Crippen LogP contribution in [0.2, 0.25) is 0 Å². The summed E-state index contributed by atoms with van der Waals surface area (Å²) in [6.45, 7) is 4.25. The summed E-state index contributed by atoms with van der Waals surface area (Å²) in [5.41, 5.74) is 1.99. The molecule has 0 unspecified atom stereocenters. The number of rotatable bonds is 5. The van der Waals surface area contributed by atoms with E-state index >= 15 is 0 Å². The molecule has 0 amide bonds. The quantitative estimate of drug-likeness (QED) is 0.489. The van der Waals surface area contributed by atoms with Crippen LogP contribution >= 0.6 is 34.4 Å². The van der Waals surface area contributed by atoms with Gasteiger partial charge in [-0.05, 0) is 30.5 Å². The smallest absolute Gasteiger partial charge is 0.146 e. The fourth-order valence-corrected chi connectivity index (χ4v) is 4.68. The molecule has 0 saturated carbocycles. The van der Waals surface area contributed by atoms with Crippen LogP contribution in [0.5, 0.6) is 0 Å². The summed E-state index contributed by atoms with van der Waals surface area (Å²) in [7, 11) is 0. The van der Waals surface area contributed by atoms with Crippen molar-refractivity contribution in [2.45, 2.75) is 31.7 Å². The normalized spacial score (nSPS) is 11.3. The lowest BCUT2D eigenvalue weighted by Crippen LogP contribution is -1.92. The summed E-state index contributed by atoms with van der Waals surface area (Å²) >= 11 is 5.17. The summed E-state index contributed by atoms with van der Waals surface area (Å²) in [5, 5.41) is 13.0. The number of unbranched alkanes of at least 4 members (excludes halogenated alkanes) is 1. The Morgan fingerprint density at radius 1 is 1.30 bits per heavy atom. The van der Waals surface area contributed by atoms with E-state index in [4.69, 9.17) is 0 Å². The van der Waals surface area contributed by atoms with Crippen molar-refractivity contribution < 1.29 is 0 Å². The van der Waals surface area contributed by atoms with Gasteiger partial charge in [-0.25, -0.2) is 4.98 Å². The largest absolute Gasteiger partial charge is 0.238 e. The highest BCUT2D eigenvalue weighted by Gasteiger charge is 2.16. The highest BCUT2D eigenvalue weighted by molar-refractivity contribution is 7.99. The van der Waals surface area contributed by atoms with Crippen molar-refractivity contribution in [2.75, 3.05) is 5.75 Å². The van der Waals surface area contributed by atoms with Crippen LogP contribution in [0.4, 0.5) is 0 Å². The second-order valence-corrected chi connectivity index (χ2v) is 7.68. The molecule has 0 aliphatic heterocycles. The Balaban J connectivity index is 2.05. The molecule has 3 aromatic rings. The number of thioether (sulfide) groups is 1. The number of hydrogen-bond acceptors (Lipinski definition) is 6. The van der Waals surface area contributed by atoms with E-state index in [1.807, 2.05) is 13.0 Å². The van der Waals surface area contributed by atoms with E-state index in [1.54, 1.807) is 34.4 Å². The van der Waals surface area contributed by atoms with Gasteiger partial charge in [0, 0.05) is 0 Å². The van der Waals surface area contributed by atoms with Gasteiger partial charge in [-0.1, -0.05) is 19.4 Å². The fourth-order valence-electron chi connectivity index (χ4n) is 1.91. The summed E-state index contributed by atoms with van der Waals surface area (Å²) in [6, 6.07) is 4.14. The zero-order valence-corrected chi connectivity index (χ0v) is 13.9. The van der Waals surface area contributed by atoms with Gasteiger partial charge < -0.3 is 0 Å². The summed E-state index contributed by atoms with van der Waals surface area (Å²) < 4.78 is 1.17. The van der Waals surface area contributed by atoms with Crippen LogP contribution < -0.4 is 0 Å². The predicted molar refractivity (Wildman–Crippen MR) is 88.9 cm³/mol. The van der Waals surface area contributed by atoms with Crippen LogP contribution in [0.25, 0.3) is 20.8 Å². The van der Waals surface area contributed by atoms with Gasteiger partial charge in [0.2, 0.25) is 0 Å². The first kappa shape index (κ1) is 14.0. The molecule has 0 aliphatic carbocycles. The minimum absolute atomic E-state index is 0.970. The third-order valence-corrected chi connectivity index (χ3v) is 5.78. The van der Waals surface area contributed by atoms with Crippen LogP contribution in [0.3, 0.4) is 0 Å². The van der Waals surface area contributed by atoms with Crippen molar-refractivity contribution in [1.29, 1.82) is 0 Å². The molecule has 0 atom stereocenters. The summed E-state index contributed by atoms with van der Waals surface area (Å²) in [5.74, 6) is 1.08. The maximum absolute atomic E-state index is 4.66. The molecular weight excluding hydrogens is 306 g/mol. The number of fused-ring (bicyclic) bond motifs is 1. The number of nitrogens with zero attached hydrogens (tertiary/aromatic N) is 3. The van der Waals surface area contributed by atoms with Crippen LogP contribution in [-0.4, -0.2) is 20.9 Å². The molecule has 3 aromatic heterocycles. The molecule has 0 radical (unpaired) electrons. The number of hydrogen-bond donors (Lipinski definition) is 0. The van der Waals surface area contributed by atoms with Crippen molar-refractivity contribution in [3.8, 4) is 10.6 Å². The Morgan fingerprint density at radius 2 is 2.20 bits per heavy atom. The van der Waals surface area contributed by atoms with Crippen molar-refractivity contribution in [3.63, 3.8) is 0 Å². The van der Waals surface area contributed by atoms with E-state index in [0.29, 0.717) is 0 Å². The molecule has 0 spiro atoms. The predicted octanol–water partition coefficient (Wildman–Crippen LogP) is 5.02. The van der Waals surface area contributed by atoms with Crippen molar-refractivity contribution in [1.82, 2.24) is 15.2 Å². The second-order valence-electron chi connectivity index (χ2n) is 4.44. The minimum Gasteiger partial charge on any atom is -0.238 e. The van der Waals surface area contributed by atoms with Crippen LogP contribution in [0, 0.1) is 6.92 Å². The van der Waals surface area contributed by atoms with E-state index in [-0.39, 0.29) is 0 Å². The number of aromatic nitrogens is 3. The lowest BCUT2D eigenvalue weighted by molar-refractivity contribution is 0.890. The Bertz CT molecular complexity index is 704. The molecule has 0 aliphatic rings. The Kier molecular flexibility index (Phi) is 4.33. The van der Waals surface area contributed by atoms with E-state index in [2.05, 4.69) is 33.6 Å². The van der Waals surface area contributed by atoms with Gasteiger partial charge in [0.25, 0.3) is 0 Å². The zero-order valence-electron chi connectivity index (χ0n) is 11.4. The SMILES string of the molecule is CCCCSc1nnc(-c2cccs2)c2sc(C)nc12. The highest BCUT2D eigenvalue weighted by atomic mass is 32.2. The molecule has 0 saturated heterocycles. The van der Waals surface area contributed by atoms with E-state index in [0.717, 1.165) is 31.9 Å². The molecular formula is C14H15N3S3. The maximum Gasteiger partial charge on any atom is 0.146 e. The van der Waals surface area contributed by atoms with E-state index in [9.17, 15) is 0 Å². The Labute approximate surface area is 130 Å². The van der Waals surface area contributed by atoms with Crippen LogP contribution in [-0.2, 0) is 0 Å². The molecule has 20 heavy (non-hydrogen) atoms. The molecule has 6 heteroatoms. The maximum atomic E-state index is 4.66. The van der Waals surface area contributed by atoms with Gasteiger partial charge in [-0.2, -0.15) is 0 Å². The van der Waals surface area contributed by atoms with Gasteiger partial charge in [0.05, 0.1) is 14.6 Å². The number of thiazole rings is 1. The molecule has 3 nitrogen and oxygen atoms in total. The van der Waals surface area contributed by atoms with Crippen molar-refractivity contribution in [3.05, 3.63) is 22.5 Å². The number of thiophene rings is 1. The average Bonchev–Trinajstić information content (AvgIpc) is 3.07. The van der Waals surface area contributed by atoms with E-state index in [1.165, 1.54) is 17.5 Å². The zero-order chi connectivity index (χ0) is 13.9. The first-order chi connectivity index (χ1) is 9.79. The summed E-state index contributed by atoms with van der Waals surface area (Å²) in [4.78, 5) is 5.83. The Morgan fingerprint density at radius 3 is 2.95 bits per heavy atom. The van der Waals surface area contributed by atoms with Gasteiger partial charge in [-0.3, -0.25) is 0 Å². The molecule has 104 valence electrons. The average molecular weight is 321 g/mol. The van der Waals surface area contributed by atoms with Crippen LogP contribution in [0.1, 0.15) is 24.8 Å². The third kappa shape index (κ3) is 2.73. The van der Waals surface area contributed by atoms with Gasteiger partial charge >= 0.3 is 0 Å². The molecule has 3 rings (SSSR count). The first-order valence-electron chi connectivity index (χ1n) is 6.60. The summed E-state index contributed by atoms with van der Waals surface area (Å²) in [6.07, 6.45) is 2.40. The molecule has 0 N–H and O–H groups in total. The second kappa shape index (κ2) is 6.20. The van der Waals surface area contributed by atoms with Crippen LogP contribution in [0.15, 0.2) is 22.5 Å². The molecule has 0 fully saturated rings.